The van der Waals surface area contributed by atoms with Crippen LogP contribution in [0.15, 0.2) is 35.5 Å². The first kappa shape index (κ1) is 15.7. The molecule has 1 aliphatic carbocycles. The number of nitrogens with one attached hydrogen (secondary N) is 1. The fraction of sp³-hybridized carbons (Fsp3) is 0.556. The minimum absolute atomic E-state index is 0.775. The molecule has 2 aliphatic rings. The SMILES string of the molecule is CC1=C(NN(C)c2ccc(Cl)cc2)CN(C2CCCCC2)C1. The lowest BCUT2D eigenvalue weighted by atomic mass is 9.94. The van der Waals surface area contributed by atoms with E-state index in [-0.39, 0.29) is 0 Å². The first-order valence-electron chi connectivity index (χ1n) is 8.32. The molecule has 4 heteroatoms. The van der Waals surface area contributed by atoms with Gasteiger partial charge in [0.2, 0.25) is 0 Å². The number of rotatable bonds is 4. The number of nitrogens with zero attached hydrogens (tertiary/aromatic N) is 2. The second kappa shape index (κ2) is 6.93. The molecular formula is C18H26ClN3. The average molecular weight is 320 g/mol. The highest BCUT2D eigenvalue weighted by Crippen LogP contribution is 2.27. The molecule has 1 saturated carbocycles. The molecule has 0 radical (unpaired) electrons. The Balaban J connectivity index is 1.60. The summed E-state index contributed by atoms with van der Waals surface area (Å²) in [6.07, 6.45) is 6.95. The normalized spacial score (nSPS) is 20.5. The molecule has 0 saturated heterocycles. The van der Waals surface area contributed by atoms with Crippen LogP contribution in [0.25, 0.3) is 0 Å². The standard InChI is InChI=1S/C18H26ClN3/c1-14-12-22(17-6-4-3-5-7-17)13-18(14)20-21(2)16-10-8-15(19)9-11-16/h8-11,17,20H,3-7,12-13H2,1-2H3. The van der Waals surface area contributed by atoms with Crippen molar-refractivity contribution in [1.82, 2.24) is 10.3 Å². The molecule has 1 aromatic carbocycles. The summed E-state index contributed by atoms with van der Waals surface area (Å²) in [5.41, 5.74) is 7.50. The zero-order chi connectivity index (χ0) is 15.5. The smallest absolute Gasteiger partial charge is 0.0569 e. The molecule has 0 bridgehead atoms. The second-order valence-electron chi connectivity index (χ2n) is 6.60. The third-order valence-electron chi connectivity index (χ3n) is 4.92. The fourth-order valence-electron chi connectivity index (χ4n) is 3.56. The van der Waals surface area contributed by atoms with Crippen molar-refractivity contribution < 1.29 is 0 Å². The van der Waals surface area contributed by atoms with Crippen molar-refractivity contribution in [2.24, 2.45) is 0 Å². The van der Waals surface area contributed by atoms with E-state index in [1.165, 1.54) is 43.4 Å². The van der Waals surface area contributed by atoms with Crippen molar-refractivity contribution >= 4 is 17.3 Å². The van der Waals surface area contributed by atoms with Crippen LogP contribution in [0, 0.1) is 0 Å². The Morgan fingerprint density at radius 3 is 2.45 bits per heavy atom. The van der Waals surface area contributed by atoms with Gasteiger partial charge >= 0.3 is 0 Å². The number of hydrazine groups is 1. The Hall–Kier alpha value is -1.19. The summed E-state index contributed by atoms with van der Waals surface area (Å²) in [4.78, 5) is 2.65. The summed E-state index contributed by atoms with van der Waals surface area (Å²) in [7, 11) is 2.06. The van der Waals surface area contributed by atoms with E-state index in [1.807, 2.05) is 24.3 Å². The van der Waals surface area contributed by atoms with Gasteiger partial charge in [-0.05, 0) is 49.6 Å². The van der Waals surface area contributed by atoms with Crippen LogP contribution >= 0.6 is 11.6 Å². The van der Waals surface area contributed by atoms with Crippen LogP contribution in [0.4, 0.5) is 5.69 Å². The van der Waals surface area contributed by atoms with Crippen molar-refractivity contribution in [2.75, 3.05) is 25.1 Å². The van der Waals surface area contributed by atoms with Crippen LogP contribution in [0.3, 0.4) is 0 Å². The van der Waals surface area contributed by atoms with Gasteiger partial charge in [0.1, 0.15) is 0 Å². The topological polar surface area (TPSA) is 18.5 Å². The van der Waals surface area contributed by atoms with Crippen molar-refractivity contribution in [2.45, 2.75) is 45.1 Å². The number of hydrogen-bond donors (Lipinski definition) is 1. The Bertz CT molecular complexity index is 532. The van der Waals surface area contributed by atoms with Gasteiger partial charge in [0, 0.05) is 36.9 Å². The zero-order valence-corrected chi connectivity index (χ0v) is 14.4. The molecule has 3 rings (SSSR count). The van der Waals surface area contributed by atoms with Crippen LogP contribution in [0.2, 0.25) is 5.02 Å². The third-order valence-corrected chi connectivity index (χ3v) is 5.18. The predicted molar refractivity (Wildman–Crippen MR) is 94.1 cm³/mol. The minimum atomic E-state index is 0.775. The van der Waals surface area contributed by atoms with E-state index in [0.717, 1.165) is 29.8 Å². The van der Waals surface area contributed by atoms with Gasteiger partial charge in [0.05, 0.1) is 5.69 Å². The highest BCUT2D eigenvalue weighted by atomic mass is 35.5. The molecule has 120 valence electrons. The van der Waals surface area contributed by atoms with E-state index in [9.17, 15) is 0 Å². The monoisotopic (exact) mass is 319 g/mol. The van der Waals surface area contributed by atoms with Crippen LogP contribution in [-0.2, 0) is 0 Å². The van der Waals surface area contributed by atoms with Crippen LogP contribution in [0.5, 0.6) is 0 Å². The lowest BCUT2D eigenvalue weighted by Crippen LogP contribution is -2.39. The van der Waals surface area contributed by atoms with E-state index in [1.54, 1.807) is 0 Å². The van der Waals surface area contributed by atoms with E-state index >= 15 is 0 Å². The second-order valence-corrected chi connectivity index (χ2v) is 7.04. The maximum absolute atomic E-state index is 5.96. The van der Waals surface area contributed by atoms with Gasteiger partial charge in [0.15, 0.2) is 0 Å². The van der Waals surface area contributed by atoms with Gasteiger partial charge in [0.25, 0.3) is 0 Å². The molecule has 0 amide bonds. The molecule has 1 aromatic rings. The third kappa shape index (κ3) is 3.58. The predicted octanol–water partition coefficient (Wildman–Crippen LogP) is 4.20. The Morgan fingerprint density at radius 1 is 1.09 bits per heavy atom. The molecular weight excluding hydrogens is 294 g/mol. The molecule has 1 fully saturated rings. The van der Waals surface area contributed by atoms with Crippen LogP contribution in [-0.4, -0.2) is 31.1 Å². The first-order chi connectivity index (χ1) is 10.6. The quantitative estimate of drug-likeness (QED) is 0.839. The van der Waals surface area contributed by atoms with Gasteiger partial charge in [-0.15, -0.1) is 0 Å². The van der Waals surface area contributed by atoms with Gasteiger partial charge in [-0.2, -0.15) is 0 Å². The highest BCUT2D eigenvalue weighted by molar-refractivity contribution is 6.30. The van der Waals surface area contributed by atoms with Gasteiger partial charge in [-0.1, -0.05) is 30.9 Å². The van der Waals surface area contributed by atoms with Crippen molar-refractivity contribution in [1.29, 1.82) is 0 Å². The van der Waals surface area contributed by atoms with E-state index in [0.29, 0.717) is 0 Å². The van der Waals surface area contributed by atoms with E-state index in [4.69, 9.17) is 11.6 Å². The number of benzene rings is 1. The van der Waals surface area contributed by atoms with E-state index < -0.39 is 0 Å². The Morgan fingerprint density at radius 2 is 1.77 bits per heavy atom. The maximum Gasteiger partial charge on any atom is 0.0569 e. The largest absolute Gasteiger partial charge is 0.301 e. The van der Waals surface area contributed by atoms with Gasteiger partial charge in [-0.25, -0.2) is 0 Å². The summed E-state index contributed by atoms with van der Waals surface area (Å²) in [6, 6.07) is 8.72. The van der Waals surface area contributed by atoms with E-state index in [2.05, 4.69) is 29.3 Å². The number of hydrogen-bond acceptors (Lipinski definition) is 3. The summed E-state index contributed by atoms with van der Waals surface area (Å²) in [6.45, 7) is 4.41. The molecule has 1 heterocycles. The van der Waals surface area contributed by atoms with Crippen molar-refractivity contribution in [3.05, 3.63) is 40.6 Å². The van der Waals surface area contributed by atoms with Crippen molar-refractivity contribution in [3.63, 3.8) is 0 Å². The maximum atomic E-state index is 5.96. The average Bonchev–Trinajstić information content (AvgIpc) is 2.90. The summed E-state index contributed by atoms with van der Waals surface area (Å²) in [5, 5.41) is 2.86. The Labute approximate surface area is 138 Å². The summed E-state index contributed by atoms with van der Waals surface area (Å²) in [5.74, 6) is 0. The molecule has 0 unspecified atom stereocenters. The summed E-state index contributed by atoms with van der Waals surface area (Å²) >= 11 is 5.96. The molecule has 3 nitrogen and oxygen atoms in total. The molecule has 0 aromatic heterocycles. The molecule has 1 N–H and O–H groups in total. The molecule has 1 aliphatic heterocycles. The molecule has 0 atom stereocenters. The van der Waals surface area contributed by atoms with Gasteiger partial charge < -0.3 is 5.43 Å². The molecule has 0 spiro atoms. The number of anilines is 1. The Kier molecular flexibility index (Phi) is 4.94. The zero-order valence-electron chi connectivity index (χ0n) is 13.6. The van der Waals surface area contributed by atoms with Crippen molar-refractivity contribution in [3.8, 4) is 0 Å². The lowest BCUT2D eigenvalue weighted by Gasteiger charge is -2.31. The lowest BCUT2D eigenvalue weighted by molar-refractivity contribution is 0.193. The van der Waals surface area contributed by atoms with Crippen LogP contribution in [0.1, 0.15) is 39.0 Å². The van der Waals surface area contributed by atoms with Gasteiger partial charge in [-0.3, -0.25) is 9.91 Å². The van der Waals surface area contributed by atoms with Crippen LogP contribution < -0.4 is 10.4 Å². The minimum Gasteiger partial charge on any atom is -0.301 e. The molecule has 22 heavy (non-hydrogen) atoms. The highest BCUT2D eigenvalue weighted by Gasteiger charge is 2.27. The fourth-order valence-corrected chi connectivity index (χ4v) is 3.69. The number of halogens is 1. The first-order valence-corrected chi connectivity index (χ1v) is 8.70. The summed E-state index contributed by atoms with van der Waals surface area (Å²) < 4.78 is 0.